The van der Waals surface area contributed by atoms with Gasteiger partial charge in [-0.05, 0) is 253 Å². The van der Waals surface area contributed by atoms with Gasteiger partial charge in [-0.3, -0.25) is 0 Å². The molecular formula is C98H109BN4O2. The van der Waals surface area contributed by atoms with Gasteiger partial charge in [0.05, 0.1) is 44.6 Å². The third-order valence-corrected chi connectivity index (χ3v) is 26.9. The monoisotopic (exact) mass is 1380 g/mol. The van der Waals surface area contributed by atoms with Crippen molar-refractivity contribution in [3.8, 4) is 0 Å². The highest BCUT2D eigenvalue weighted by atomic mass is 16.3. The second kappa shape index (κ2) is 23.3. The zero-order chi connectivity index (χ0) is 74.1. The molecule has 536 valence electrons. The zero-order valence-electron chi connectivity index (χ0n) is 66.9. The number of anilines is 10. The Bertz CT molecular complexity index is 5590. The summed E-state index contributed by atoms with van der Waals surface area (Å²) in [6.07, 6.45) is 9.89. The number of nitrogens with zero attached hydrogens (tertiary/aromatic N) is 4. The fraction of sp³-hybridized carbons (Fsp3) is 0.388. The van der Waals surface area contributed by atoms with Crippen LogP contribution in [-0.4, -0.2) is 17.8 Å². The lowest BCUT2D eigenvalue weighted by Gasteiger charge is -2.53. The van der Waals surface area contributed by atoms with Crippen molar-refractivity contribution in [1.29, 1.82) is 0 Å². The van der Waals surface area contributed by atoms with Gasteiger partial charge in [-0.25, -0.2) is 0 Å². The van der Waals surface area contributed by atoms with Crippen LogP contribution >= 0.6 is 0 Å². The van der Waals surface area contributed by atoms with E-state index in [9.17, 15) is 0 Å². The quantitative estimate of drug-likeness (QED) is 0.160. The number of furan rings is 2. The Kier molecular flexibility index (Phi) is 15.3. The first-order valence-electron chi connectivity index (χ1n) is 39.4. The number of hydrogen-bond acceptors (Lipinski definition) is 6. The molecule has 6 heterocycles. The van der Waals surface area contributed by atoms with E-state index < -0.39 is 0 Å². The van der Waals surface area contributed by atoms with E-state index in [0.29, 0.717) is 0 Å². The Morgan fingerprint density at radius 1 is 0.390 bits per heavy atom. The van der Waals surface area contributed by atoms with Gasteiger partial charge in [0.15, 0.2) is 0 Å². The van der Waals surface area contributed by atoms with E-state index in [2.05, 4.69) is 336 Å². The molecule has 18 rings (SSSR count). The van der Waals surface area contributed by atoms with Crippen molar-refractivity contribution >= 4 is 124 Å². The summed E-state index contributed by atoms with van der Waals surface area (Å²) in [5, 5.41) is 4.68. The molecular weight excluding hydrogens is 1280 g/mol. The summed E-state index contributed by atoms with van der Waals surface area (Å²) in [5.41, 5.74) is 37.6. The molecule has 0 bridgehead atoms. The molecule has 0 radical (unpaired) electrons. The van der Waals surface area contributed by atoms with Crippen LogP contribution in [0.4, 0.5) is 56.9 Å². The molecule has 0 spiro atoms. The largest absolute Gasteiger partial charge is 0.456 e. The van der Waals surface area contributed by atoms with Gasteiger partial charge in [-0.15, -0.1) is 0 Å². The molecule has 0 amide bonds. The second-order valence-electron chi connectivity index (χ2n) is 38.0. The van der Waals surface area contributed by atoms with Gasteiger partial charge < -0.3 is 28.4 Å². The van der Waals surface area contributed by atoms with Crippen LogP contribution in [0.25, 0.3) is 43.9 Å². The molecule has 2 aliphatic carbocycles. The minimum atomic E-state index is -0.0407. The number of fused-ring (bicyclic) bond motifs is 17. The summed E-state index contributed by atoms with van der Waals surface area (Å²) >= 11 is 0. The Morgan fingerprint density at radius 3 is 1.50 bits per heavy atom. The third kappa shape index (κ3) is 10.1. The third-order valence-electron chi connectivity index (χ3n) is 26.9. The maximum Gasteiger partial charge on any atom is 0.252 e. The minimum absolute atomic E-state index is 0.0125. The van der Waals surface area contributed by atoms with Crippen molar-refractivity contribution in [2.24, 2.45) is 0 Å². The predicted octanol–water partition coefficient (Wildman–Crippen LogP) is 25.8. The lowest BCUT2D eigenvalue weighted by molar-refractivity contribution is 0.195. The van der Waals surface area contributed by atoms with Crippen LogP contribution in [0.1, 0.15) is 229 Å². The fourth-order valence-corrected chi connectivity index (χ4v) is 20.9. The summed E-state index contributed by atoms with van der Waals surface area (Å²) in [6, 6.07) is 62.9. The molecule has 0 saturated heterocycles. The summed E-state index contributed by atoms with van der Waals surface area (Å²) < 4.78 is 13.2. The molecule has 6 nitrogen and oxygen atoms in total. The second-order valence-corrected chi connectivity index (χ2v) is 38.0. The standard InChI is InChI=1S/C49H53BN2O.C49H56N2O/c1-28-22-37-42-38(23-28)52-44-34(48(10)20-14-15-21-49(48,52)11)26-32(47(7,8)9)27-36(44)50(42)35-18-19-40-41(33-16-12-13-17-39(33)53-40)45(35)51(37)43-29(2)24-31(25-30(43)3)46(4,5)6;1-31-25-36(30-37(26-31)51-40-22-21-34(46(4,5)6)29-39(40)48(10)23-14-15-24-49(48,51)11)50(45-32(2)27-35(28-33(45)3)47(7,8)9)41-18-16-20-43-44(41)38-17-12-13-19-42(38)52-43/h12-13,16-19,22-27H,14-15,20-21H2,1-11H3;12-13,16-22,25-30H,14-15,23-24H2,1-11H3. The van der Waals surface area contributed by atoms with Gasteiger partial charge in [0.1, 0.15) is 22.3 Å². The van der Waals surface area contributed by atoms with Gasteiger partial charge in [0, 0.05) is 55.7 Å². The molecule has 4 aliphatic heterocycles. The van der Waals surface area contributed by atoms with E-state index in [0.717, 1.165) is 38.8 Å². The number of rotatable bonds is 5. The first-order chi connectivity index (χ1) is 49.5. The molecule has 4 unspecified atom stereocenters. The molecule has 2 saturated carbocycles. The van der Waals surface area contributed by atoms with Crippen molar-refractivity contribution in [2.75, 3.05) is 19.6 Å². The maximum atomic E-state index is 6.68. The molecule has 7 heteroatoms. The highest BCUT2D eigenvalue weighted by Crippen LogP contribution is 2.65. The van der Waals surface area contributed by atoms with E-state index in [1.54, 1.807) is 5.56 Å². The van der Waals surface area contributed by atoms with E-state index >= 15 is 0 Å². The topological polar surface area (TPSA) is 39.2 Å². The molecule has 4 atom stereocenters. The van der Waals surface area contributed by atoms with Gasteiger partial charge in [-0.2, -0.15) is 0 Å². The minimum Gasteiger partial charge on any atom is -0.456 e. The van der Waals surface area contributed by atoms with E-state index in [1.807, 2.05) is 0 Å². The molecule has 12 aromatic rings. The SMILES string of the molecule is Cc1cc(N(c2c(C)cc(C(C)(C)C)cc2C)c2cccc3oc4ccccc4c23)cc(N2c3ccc(C(C)(C)C)cc3C3(C)CCCCC23C)c1.Cc1cc2c3c(c1)N1c4c(cc(C(C)(C)C)cc4C4(C)CCCCC14C)B3c1ccc3oc4ccccc4c3c1N2c1c(C)cc(C(C)(C)C)cc1C. The first-order valence-corrected chi connectivity index (χ1v) is 39.4. The first kappa shape index (κ1) is 69.1. The fourth-order valence-electron chi connectivity index (χ4n) is 20.9. The van der Waals surface area contributed by atoms with Crippen molar-refractivity contribution in [3.05, 3.63) is 231 Å². The van der Waals surface area contributed by atoms with Crippen molar-refractivity contribution < 1.29 is 8.83 Å². The van der Waals surface area contributed by atoms with Crippen LogP contribution in [0.15, 0.2) is 173 Å². The normalized spacial score (nSPS) is 21.0. The molecule has 6 aliphatic rings. The maximum absolute atomic E-state index is 6.68. The molecule has 105 heavy (non-hydrogen) atoms. The van der Waals surface area contributed by atoms with Crippen LogP contribution in [-0.2, 0) is 32.5 Å². The van der Waals surface area contributed by atoms with Crippen LogP contribution in [0.2, 0.25) is 0 Å². The Morgan fingerprint density at radius 2 is 0.895 bits per heavy atom. The Labute approximate surface area is 626 Å². The lowest BCUT2D eigenvalue weighted by Crippen LogP contribution is -2.64. The number of para-hydroxylation sites is 2. The predicted molar refractivity (Wildman–Crippen MR) is 450 cm³/mol. The smallest absolute Gasteiger partial charge is 0.252 e. The molecule has 2 aromatic heterocycles. The van der Waals surface area contributed by atoms with Crippen LogP contribution in [0.5, 0.6) is 0 Å². The molecule has 0 N–H and O–H groups in total. The van der Waals surface area contributed by atoms with Crippen LogP contribution < -0.4 is 36.0 Å². The van der Waals surface area contributed by atoms with Crippen molar-refractivity contribution in [1.82, 2.24) is 0 Å². The lowest BCUT2D eigenvalue weighted by atomic mass is 9.33. The zero-order valence-corrected chi connectivity index (χ0v) is 66.9. The van der Waals surface area contributed by atoms with E-state index in [4.69, 9.17) is 8.83 Å². The number of aryl methyl sites for hydroxylation is 6. The van der Waals surface area contributed by atoms with Gasteiger partial charge in [0.2, 0.25) is 0 Å². The average Bonchev–Trinajstić information content (AvgIpc) is 1.54. The van der Waals surface area contributed by atoms with E-state index in [1.165, 1.54) is 191 Å². The summed E-state index contributed by atoms with van der Waals surface area (Å²) in [6.45, 7) is 52.3. The van der Waals surface area contributed by atoms with Gasteiger partial charge in [-0.1, -0.05) is 220 Å². The summed E-state index contributed by atoms with van der Waals surface area (Å²) in [7, 11) is 0. The Balaban J connectivity index is 0.000000155. The Hall–Kier alpha value is -8.94. The molecule has 2 fully saturated rings. The van der Waals surface area contributed by atoms with Crippen LogP contribution in [0.3, 0.4) is 0 Å². The summed E-state index contributed by atoms with van der Waals surface area (Å²) in [4.78, 5) is 10.8. The highest BCUT2D eigenvalue weighted by Gasteiger charge is 2.62. The van der Waals surface area contributed by atoms with Crippen molar-refractivity contribution in [2.45, 2.75) is 247 Å². The number of hydrogen-bond donors (Lipinski definition) is 0. The summed E-state index contributed by atoms with van der Waals surface area (Å²) in [5.74, 6) is 0. The van der Waals surface area contributed by atoms with Crippen LogP contribution in [0, 0.1) is 41.5 Å². The van der Waals surface area contributed by atoms with E-state index in [-0.39, 0.29) is 50.3 Å². The highest BCUT2D eigenvalue weighted by molar-refractivity contribution is 7.00. The molecule has 10 aromatic carbocycles. The number of benzene rings is 10. The van der Waals surface area contributed by atoms with Gasteiger partial charge in [0.25, 0.3) is 6.71 Å². The average molecular weight is 1390 g/mol. The van der Waals surface area contributed by atoms with Crippen molar-refractivity contribution in [3.63, 3.8) is 0 Å². The van der Waals surface area contributed by atoms with Gasteiger partial charge >= 0.3 is 0 Å².